The second-order valence-corrected chi connectivity index (χ2v) is 16.8. The smallest absolute Gasteiger partial charge is 0.326 e. The zero-order valence-electron chi connectivity index (χ0n) is 37.9. The Morgan fingerprint density at radius 3 is 1.49 bits per heavy atom. The molecule has 67 heavy (non-hydrogen) atoms. The van der Waals surface area contributed by atoms with Gasteiger partial charge in [-0.15, -0.1) is 0 Å². The molecule has 0 aliphatic heterocycles. The molecule has 0 heterocycles. The molecule has 0 aliphatic carbocycles. The number of carbonyl (C=O) groups is 9. The van der Waals surface area contributed by atoms with Crippen molar-refractivity contribution in [3.63, 3.8) is 0 Å². The number of hydrogen-bond acceptors (Lipinski definition) is 13. The van der Waals surface area contributed by atoms with Crippen molar-refractivity contribution in [1.82, 2.24) is 31.9 Å². The van der Waals surface area contributed by atoms with Gasteiger partial charge in [0, 0.05) is 19.5 Å². The van der Waals surface area contributed by atoms with Crippen LogP contribution in [0.3, 0.4) is 0 Å². The highest BCUT2D eigenvalue weighted by atomic mass is 32.2. The van der Waals surface area contributed by atoms with Crippen molar-refractivity contribution in [3.8, 4) is 0 Å². The van der Waals surface area contributed by atoms with Crippen molar-refractivity contribution < 1.29 is 58.5 Å². The van der Waals surface area contributed by atoms with E-state index in [1.165, 1.54) is 11.8 Å². The fraction of sp³-hybridized carbons (Fsp3) is 0.585. The Hall–Kier alpha value is -6.70. The van der Waals surface area contributed by atoms with Crippen LogP contribution in [-0.2, 0) is 49.6 Å². The average molecular weight is 966 g/mol. The molecular weight excluding hydrogens is 899 g/mol. The number of carbonyl (C=O) groups excluding carboxylic acids is 6. The number of aliphatic carboxylic acids is 3. The normalized spacial score (nSPS) is 14.0. The van der Waals surface area contributed by atoms with Crippen LogP contribution in [0.25, 0.3) is 0 Å². The number of rotatable bonds is 33. The lowest BCUT2D eigenvalue weighted by atomic mass is 10.0. The summed E-state index contributed by atoms with van der Waals surface area (Å²) in [5, 5.41) is 43.4. The van der Waals surface area contributed by atoms with E-state index in [9.17, 15) is 58.5 Å². The average Bonchev–Trinajstić information content (AvgIpc) is 3.24. The molecule has 1 aromatic carbocycles. The molecule has 0 unspecified atom stereocenters. The molecule has 19 N–H and O–H groups in total. The predicted molar refractivity (Wildman–Crippen MR) is 249 cm³/mol. The number of aliphatic imine (C=N–C) groups is 2. The van der Waals surface area contributed by atoms with E-state index >= 15 is 0 Å². The molecule has 6 amide bonds. The molecule has 1 aromatic rings. The van der Waals surface area contributed by atoms with Crippen molar-refractivity contribution in [2.45, 2.75) is 120 Å². The van der Waals surface area contributed by atoms with E-state index in [1.54, 1.807) is 38.1 Å². The van der Waals surface area contributed by atoms with Crippen LogP contribution in [0.2, 0.25) is 0 Å². The Morgan fingerprint density at radius 2 is 1.01 bits per heavy atom. The summed E-state index contributed by atoms with van der Waals surface area (Å²) in [4.78, 5) is 125. The second kappa shape index (κ2) is 31.3. The Labute approximate surface area is 392 Å². The Kier molecular flexibility index (Phi) is 27.2. The van der Waals surface area contributed by atoms with E-state index in [4.69, 9.17) is 28.7 Å². The van der Waals surface area contributed by atoms with Gasteiger partial charge >= 0.3 is 17.9 Å². The van der Waals surface area contributed by atoms with Crippen molar-refractivity contribution in [2.75, 3.05) is 25.1 Å². The lowest BCUT2D eigenvalue weighted by molar-refractivity contribution is -0.144. The van der Waals surface area contributed by atoms with E-state index < -0.39 is 115 Å². The highest BCUT2D eigenvalue weighted by Gasteiger charge is 2.35. The number of carboxylic acids is 3. The predicted octanol–water partition coefficient (Wildman–Crippen LogP) is -3.20. The molecule has 1 rings (SSSR count). The molecule has 0 radical (unpaired) electrons. The Bertz CT molecular complexity index is 1880. The van der Waals surface area contributed by atoms with Crippen molar-refractivity contribution in [3.05, 3.63) is 35.9 Å². The van der Waals surface area contributed by atoms with E-state index in [0.717, 1.165) is 5.56 Å². The van der Waals surface area contributed by atoms with Crippen LogP contribution in [0.5, 0.6) is 0 Å². The maximum absolute atomic E-state index is 14.0. The lowest BCUT2D eigenvalue weighted by Crippen LogP contribution is -2.60. The van der Waals surface area contributed by atoms with Crippen LogP contribution in [-0.4, -0.2) is 148 Å². The lowest BCUT2D eigenvalue weighted by Gasteiger charge is -2.28. The first-order chi connectivity index (χ1) is 31.5. The van der Waals surface area contributed by atoms with Gasteiger partial charge in [0.1, 0.15) is 36.3 Å². The van der Waals surface area contributed by atoms with Gasteiger partial charge in [0.25, 0.3) is 0 Å². The summed E-state index contributed by atoms with van der Waals surface area (Å²) < 4.78 is 0. The number of guanidine groups is 2. The monoisotopic (exact) mass is 965 g/mol. The van der Waals surface area contributed by atoms with Gasteiger partial charge in [0.05, 0.1) is 12.5 Å². The Balaban J connectivity index is 3.42. The molecule has 7 atom stereocenters. The number of nitrogens with one attached hydrogen (secondary N) is 6. The van der Waals surface area contributed by atoms with Gasteiger partial charge in [0.2, 0.25) is 35.4 Å². The minimum absolute atomic E-state index is 0.0183. The molecule has 0 aromatic heterocycles. The quantitative estimate of drug-likeness (QED) is 0.0187. The molecule has 0 aliphatic rings. The molecule has 0 bridgehead atoms. The van der Waals surface area contributed by atoms with Crippen LogP contribution < -0.4 is 60.6 Å². The third kappa shape index (κ3) is 25.0. The fourth-order valence-corrected chi connectivity index (χ4v) is 6.73. The van der Waals surface area contributed by atoms with E-state index in [2.05, 4.69) is 41.9 Å². The van der Waals surface area contributed by atoms with Gasteiger partial charge < -0.3 is 75.9 Å². The zero-order chi connectivity index (χ0) is 50.6. The van der Waals surface area contributed by atoms with E-state index in [1.807, 2.05) is 12.3 Å². The maximum atomic E-state index is 14.0. The highest BCUT2D eigenvalue weighted by molar-refractivity contribution is 7.98. The highest BCUT2D eigenvalue weighted by Crippen LogP contribution is 2.11. The van der Waals surface area contributed by atoms with Crippen LogP contribution in [0.4, 0.5) is 0 Å². The first-order valence-electron chi connectivity index (χ1n) is 21.4. The van der Waals surface area contributed by atoms with Gasteiger partial charge in [-0.3, -0.25) is 48.3 Å². The van der Waals surface area contributed by atoms with E-state index in [0.29, 0.717) is 5.75 Å². The molecular formula is C41H67N13O12S. The molecule has 26 heteroatoms. The third-order valence-electron chi connectivity index (χ3n) is 9.65. The van der Waals surface area contributed by atoms with Crippen molar-refractivity contribution >= 4 is 77.0 Å². The summed E-state index contributed by atoms with van der Waals surface area (Å²) in [7, 11) is 0. The summed E-state index contributed by atoms with van der Waals surface area (Å²) in [6, 6.07) is -1.06. The summed E-state index contributed by atoms with van der Waals surface area (Å²) in [6.07, 6.45) is -0.293. The van der Waals surface area contributed by atoms with Gasteiger partial charge in [-0.2, -0.15) is 11.8 Å². The van der Waals surface area contributed by atoms with Crippen LogP contribution in [0, 0.1) is 5.92 Å². The summed E-state index contributed by atoms with van der Waals surface area (Å²) >= 11 is 1.42. The van der Waals surface area contributed by atoms with E-state index in [-0.39, 0.29) is 75.9 Å². The summed E-state index contributed by atoms with van der Waals surface area (Å²) in [5.41, 5.74) is 28.4. The zero-order valence-corrected chi connectivity index (χ0v) is 38.7. The van der Waals surface area contributed by atoms with Gasteiger partial charge in [-0.25, -0.2) is 4.79 Å². The molecule has 0 saturated heterocycles. The number of thioether (sulfide) groups is 1. The van der Waals surface area contributed by atoms with Crippen LogP contribution in [0.15, 0.2) is 40.3 Å². The number of amides is 6. The van der Waals surface area contributed by atoms with Crippen LogP contribution >= 0.6 is 11.8 Å². The number of nitrogens with two attached hydrogens (primary N) is 5. The fourth-order valence-electron chi connectivity index (χ4n) is 6.26. The minimum atomic E-state index is -1.93. The first-order valence-corrected chi connectivity index (χ1v) is 22.8. The largest absolute Gasteiger partial charge is 0.481 e. The topological polar surface area (TPSA) is 441 Å². The molecule has 374 valence electrons. The van der Waals surface area contributed by atoms with Gasteiger partial charge in [-0.1, -0.05) is 44.2 Å². The number of carboxylic acid groups (broad SMARTS) is 3. The molecule has 0 saturated carbocycles. The number of nitrogens with zero attached hydrogens (tertiary/aromatic N) is 2. The molecule has 0 spiro atoms. The third-order valence-corrected chi connectivity index (χ3v) is 10.3. The van der Waals surface area contributed by atoms with Crippen molar-refractivity contribution in [2.24, 2.45) is 44.6 Å². The SMILES string of the molecule is CSCC[C@H](NC(=O)[C@@H](N)Cc1ccccc1)C(=O)N[C@@H](CC(C)C)C(=O)N[C@@H](CCCN=C(N)N)C(=O)N[C@@H](CC(=O)O)C(=O)N[C@@H](CCC(=O)O)C(=O)N[C@@H](CCCN=C(N)N)C(=O)O. The van der Waals surface area contributed by atoms with Gasteiger partial charge in [-0.05, 0) is 74.9 Å². The number of hydrogen-bond donors (Lipinski definition) is 14. The number of benzene rings is 1. The molecule has 25 nitrogen and oxygen atoms in total. The molecule has 0 fully saturated rings. The van der Waals surface area contributed by atoms with Crippen LogP contribution in [0.1, 0.15) is 77.2 Å². The maximum Gasteiger partial charge on any atom is 0.326 e. The Morgan fingerprint density at radius 1 is 0.582 bits per heavy atom. The van der Waals surface area contributed by atoms with Gasteiger partial charge in [0.15, 0.2) is 11.9 Å². The standard InChI is InChI=1S/C41H67N13O12S/c1-22(2)19-29(53-36(62)27(15-18-67-3)49-33(59)24(42)20-23-9-5-4-6-10-23)37(63)50-25(11-7-16-47-40(43)44)34(60)54-30(21-32(57)58)38(64)51-26(13-14-31(55)56)35(61)52-28(39(65)66)12-8-17-48-41(45)46/h4-6,9-10,22,24-30H,7-8,11-21,42H2,1-3H3,(H,49,59)(H,50,63)(H,51,64)(H,52,61)(H,53,62)(H,54,60)(H,55,56)(H,57,58)(H,65,66)(H4,43,44,47)(H4,45,46,48)/t24-,25-,26-,27-,28-,29-,30-/m0/s1. The second-order valence-electron chi connectivity index (χ2n) is 15.8. The summed E-state index contributed by atoms with van der Waals surface area (Å²) in [6.45, 7) is 3.54. The first kappa shape index (κ1) is 58.3. The summed E-state index contributed by atoms with van der Waals surface area (Å²) in [5.74, 6) is -10.3. The minimum Gasteiger partial charge on any atom is -0.481 e. The van der Waals surface area contributed by atoms with Crippen molar-refractivity contribution in [1.29, 1.82) is 0 Å².